The van der Waals surface area contributed by atoms with Crippen molar-refractivity contribution in [2.45, 2.75) is 9.79 Å². The number of rotatable bonds is 8. The van der Waals surface area contributed by atoms with Crippen LogP contribution in [0.2, 0.25) is 0 Å². The Hall–Kier alpha value is -4.53. The molecule has 8 N–H and O–H groups in total. The predicted molar refractivity (Wildman–Crippen MR) is 207 cm³/mol. The van der Waals surface area contributed by atoms with Crippen LogP contribution in [0.4, 0.5) is 27.5 Å². The van der Waals surface area contributed by atoms with Gasteiger partial charge in [0.25, 0.3) is 32.1 Å². The summed E-state index contributed by atoms with van der Waals surface area (Å²) in [6, 6.07) is 24.2. The van der Waals surface area contributed by atoms with Crippen LogP contribution in [-0.4, -0.2) is 113 Å². The van der Waals surface area contributed by atoms with Gasteiger partial charge in [-0.3, -0.25) is 18.7 Å². The number of hydrogen-bond donors (Lipinski definition) is 8. The van der Waals surface area contributed by atoms with E-state index in [-0.39, 0.29) is 104 Å². The topological polar surface area (TPSA) is 249 Å². The number of phenolic OH excluding ortho intramolecular Hbond substituents is 2. The third-order valence-corrected chi connectivity index (χ3v) is 9.35. The molecular weight excluding hydrogens is 763 g/mol. The number of nitrogens with one attached hydrogen (secondary N) is 4. The third-order valence-electron chi connectivity index (χ3n) is 7.69. The summed E-state index contributed by atoms with van der Waals surface area (Å²) in [5.41, 5.74) is 1.42. The molecule has 0 saturated heterocycles. The van der Waals surface area contributed by atoms with Crippen molar-refractivity contribution in [3.05, 3.63) is 120 Å². The fraction of sp³-hybridized carbons (Fsp3) is 0. The summed E-state index contributed by atoms with van der Waals surface area (Å²) in [5, 5.41) is 32.2. The molecule has 0 spiro atoms. The average molecular weight is 791 g/mol. The molecule has 6 aromatic carbocycles. The summed E-state index contributed by atoms with van der Waals surface area (Å²) in [5.74, 6) is -1.95. The Labute approximate surface area is 351 Å². The van der Waals surface area contributed by atoms with Gasteiger partial charge in [0.15, 0.2) is 0 Å². The van der Waals surface area contributed by atoms with Gasteiger partial charge in [0, 0.05) is 56.8 Å². The van der Waals surface area contributed by atoms with Gasteiger partial charge in [-0.25, -0.2) is 4.79 Å². The standard InChI is InChI=1S/C35H26N4O11S2.2Na.2H/c40-31-17-27(51(45,46)47)13-19-7-9-25(15-29(19)31)36-33(42)21-3-1-5-23(11-21)38-35(44)39-24-6-2-4-22(12-24)34(43)37-26-10-8-20-14-28(52(48,49)50)18-32(41)30(20)16-26;;;;/h1-18,40-41H,(H,36,42)(H,37,43)(H2,38,39,44)(H,45,46,47)(H,48,49,50);;;;. The molecule has 19 heteroatoms. The zero-order chi connectivity index (χ0) is 37.4. The molecule has 0 aliphatic heterocycles. The van der Waals surface area contributed by atoms with Crippen LogP contribution in [0.1, 0.15) is 20.7 Å². The first-order valence-electron chi connectivity index (χ1n) is 14.9. The second-order valence-corrected chi connectivity index (χ2v) is 14.2. The summed E-state index contributed by atoms with van der Waals surface area (Å²) >= 11 is 0. The van der Waals surface area contributed by atoms with E-state index in [1.54, 1.807) is 24.3 Å². The van der Waals surface area contributed by atoms with Crippen molar-refractivity contribution < 1.29 is 50.5 Å². The van der Waals surface area contributed by atoms with Crippen LogP contribution in [0.5, 0.6) is 11.5 Å². The predicted octanol–water partition coefficient (Wildman–Crippen LogP) is 4.75. The number of anilines is 4. The summed E-state index contributed by atoms with van der Waals surface area (Å²) in [7, 11) is -9.09. The summed E-state index contributed by atoms with van der Waals surface area (Å²) < 4.78 is 64.4. The minimum absolute atomic E-state index is 0. The molecule has 0 unspecified atom stereocenters. The van der Waals surface area contributed by atoms with Gasteiger partial charge in [-0.05, 0) is 83.6 Å². The number of carbonyl (C=O) groups is 3. The first kappa shape index (κ1) is 42.2. The van der Waals surface area contributed by atoms with Crippen LogP contribution in [0.3, 0.4) is 0 Å². The first-order valence-corrected chi connectivity index (χ1v) is 17.8. The normalized spacial score (nSPS) is 11.1. The van der Waals surface area contributed by atoms with Gasteiger partial charge in [0.1, 0.15) is 11.5 Å². The fourth-order valence-corrected chi connectivity index (χ4v) is 6.33. The van der Waals surface area contributed by atoms with Gasteiger partial charge in [-0.1, -0.05) is 24.3 Å². The van der Waals surface area contributed by atoms with E-state index in [0.717, 1.165) is 12.1 Å². The van der Waals surface area contributed by atoms with Crippen LogP contribution in [0.15, 0.2) is 119 Å². The zero-order valence-electron chi connectivity index (χ0n) is 26.4. The number of carbonyl (C=O) groups excluding carboxylic acids is 3. The Balaban J connectivity index is 0.00000325. The SMILES string of the molecule is O=C(Nc1cccc(C(=O)Nc2ccc3cc(S(=O)(=O)O)cc(O)c3c2)c1)Nc1cccc(C(=O)Nc2ccc3cc(S(=O)(=O)O)cc(O)c3c2)c1.[NaH].[NaH]. The van der Waals surface area contributed by atoms with Gasteiger partial charge < -0.3 is 31.5 Å². The molecule has 0 bridgehead atoms. The van der Waals surface area contributed by atoms with Crippen LogP contribution in [-0.2, 0) is 20.2 Å². The molecular formula is C35H28N4Na2O11S2. The maximum atomic E-state index is 13.0. The molecule has 0 aliphatic rings. The van der Waals surface area contributed by atoms with E-state index in [2.05, 4.69) is 21.3 Å². The van der Waals surface area contributed by atoms with E-state index in [0.29, 0.717) is 10.8 Å². The summed E-state index contributed by atoms with van der Waals surface area (Å²) in [6.07, 6.45) is 0. The van der Waals surface area contributed by atoms with E-state index in [9.17, 15) is 50.5 Å². The van der Waals surface area contributed by atoms with E-state index in [1.807, 2.05) is 0 Å². The van der Waals surface area contributed by atoms with Gasteiger partial charge in [-0.2, -0.15) is 16.8 Å². The van der Waals surface area contributed by atoms with Crippen molar-refractivity contribution in [3.8, 4) is 11.5 Å². The third kappa shape index (κ3) is 9.96. The molecule has 0 atom stereocenters. The Morgan fingerprint density at radius 2 is 0.833 bits per heavy atom. The first-order chi connectivity index (χ1) is 24.5. The molecule has 6 rings (SSSR count). The Bertz CT molecular complexity index is 2510. The number of urea groups is 1. The van der Waals surface area contributed by atoms with Gasteiger partial charge in [-0.15, -0.1) is 0 Å². The van der Waals surface area contributed by atoms with Crippen molar-refractivity contribution in [1.29, 1.82) is 0 Å². The zero-order valence-corrected chi connectivity index (χ0v) is 28.0. The van der Waals surface area contributed by atoms with E-state index in [1.165, 1.54) is 72.8 Å². The van der Waals surface area contributed by atoms with E-state index < -0.39 is 59.4 Å². The second kappa shape index (κ2) is 16.9. The summed E-state index contributed by atoms with van der Waals surface area (Å²) in [6.45, 7) is 0. The van der Waals surface area contributed by atoms with Crippen LogP contribution >= 0.6 is 0 Å². The van der Waals surface area contributed by atoms with Gasteiger partial charge in [0.2, 0.25) is 0 Å². The summed E-state index contributed by atoms with van der Waals surface area (Å²) in [4.78, 5) is 37.9. The molecule has 0 radical (unpaired) electrons. The number of benzene rings is 6. The van der Waals surface area contributed by atoms with Crippen molar-refractivity contribution in [1.82, 2.24) is 0 Å². The Kier molecular flexibility index (Phi) is 13.2. The molecule has 4 amide bonds. The molecule has 6 aromatic rings. The number of aromatic hydroxyl groups is 2. The van der Waals surface area contributed by atoms with Gasteiger partial charge >= 0.3 is 65.1 Å². The van der Waals surface area contributed by atoms with Crippen LogP contribution in [0.25, 0.3) is 21.5 Å². The number of amides is 4. The van der Waals surface area contributed by atoms with E-state index in [4.69, 9.17) is 0 Å². The number of phenols is 2. The second-order valence-electron chi connectivity index (χ2n) is 11.4. The molecule has 0 fully saturated rings. The van der Waals surface area contributed by atoms with Crippen LogP contribution in [0, 0.1) is 0 Å². The number of hydrogen-bond acceptors (Lipinski definition) is 9. The monoisotopic (exact) mass is 790 g/mol. The van der Waals surface area contributed by atoms with E-state index >= 15 is 0 Å². The van der Waals surface area contributed by atoms with Crippen molar-refractivity contribution in [3.63, 3.8) is 0 Å². The molecule has 268 valence electrons. The average Bonchev–Trinajstić information content (AvgIpc) is 3.08. The van der Waals surface area contributed by atoms with Crippen molar-refractivity contribution >= 4 is 141 Å². The van der Waals surface area contributed by atoms with Gasteiger partial charge in [0.05, 0.1) is 9.79 Å². The van der Waals surface area contributed by atoms with Crippen LogP contribution < -0.4 is 21.3 Å². The fourth-order valence-electron chi connectivity index (χ4n) is 5.25. The molecule has 0 saturated carbocycles. The molecule has 0 aliphatic carbocycles. The quantitative estimate of drug-likeness (QED) is 0.0772. The van der Waals surface area contributed by atoms with Crippen molar-refractivity contribution in [2.24, 2.45) is 0 Å². The molecule has 54 heavy (non-hydrogen) atoms. The Morgan fingerprint density at radius 3 is 1.20 bits per heavy atom. The molecule has 0 heterocycles. The van der Waals surface area contributed by atoms with Crippen molar-refractivity contribution in [2.75, 3.05) is 21.3 Å². The Morgan fingerprint density at radius 1 is 0.463 bits per heavy atom. The number of fused-ring (bicyclic) bond motifs is 2. The minimum atomic E-state index is -4.54. The molecule has 0 aromatic heterocycles. The molecule has 15 nitrogen and oxygen atoms in total. The maximum absolute atomic E-state index is 13.0.